The van der Waals surface area contributed by atoms with E-state index < -0.39 is 0 Å². The van der Waals surface area contributed by atoms with Crippen LogP contribution in [0.5, 0.6) is 0 Å². The monoisotopic (exact) mass is 274 g/mol. The highest BCUT2D eigenvalue weighted by atomic mass is 32.1. The molecular weight excluding hydrogens is 259 g/mol. The van der Waals surface area contributed by atoms with Crippen LogP contribution in [0.3, 0.4) is 0 Å². The van der Waals surface area contributed by atoms with Crippen LogP contribution in [0.15, 0.2) is 48.5 Å². The van der Waals surface area contributed by atoms with E-state index in [1.807, 2.05) is 42.2 Å². The van der Waals surface area contributed by atoms with Crippen LogP contribution in [0.1, 0.15) is 12.5 Å². The highest BCUT2D eigenvalue weighted by Crippen LogP contribution is 2.28. The maximum absolute atomic E-state index is 13.3. The number of nitrogens with two attached hydrogens (primary N) is 1. The lowest BCUT2D eigenvalue weighted by Crippen LogP contribution is -2.21. The zero-order valence-electron chi connectivity index (χ0n) is 10.6. The van der Waals surface area contributed by atoms with E-state index in [9.17, 15) is 4.39 Å². The van der Waals surface area contributed by atoms with Crippen LogP contribution in [0.2, 0.25) is 0 Å². The fourth-order valence-corrected chi connectivity index (χ4v) is 2.20. The Morgan fingerprint density at radius 2 is 1.89 bits per heavy atom. The Morgan fingerprint density at radius 3 is 2.47 bits per heavy atom. The van der Waals surface area contributed by atoms with Gasteiger partial charge < -0.3 is 10.6 Å². The molecule has 0 saturated heterocycles. The van der Waals surface area contributed by atoms with Crippen molar-refractivity contribution in [2.75, 3.05) is 11.4 Å². The lowest BCUT2D eigenvalue weighted by atomic mass is 10.1. The number of nitrogens with zero attached hydrogens (tertiary/aromatic N) is 1. The minimum absolute atomic E-state index is 0.198. The van der Waals surface area contributed by atoms with E-state index in [1.54, 1.807) is 6.07 Å². The van der Waals surface area contributed by atoms with Crippen LogP contribution >= 0.6 is 12.2 Å². The van der Waals surface area contributed by atoms with Gasteiger partial charge in [0, 0.05) is 17.8 Å². The van der Waals surface area contributed by atoms with E-state index in [0.29, 0.717) is 5.56 Å². The molecule has 0 atom stereocenters. The fraction of sp³-hybridized carbons (Fsp3) is 0.133. The number of thiocarbonyl (C=S) groups is 1. The number of para-hydroxylation sites is 1. The van der Waals surface area contributed by atoms with Gasteiger partial charge in [-0.2, -0.15) is 0 Å². The second-order valence-electron chi connectivity index (χ2n) is 4.11. The Labute approximate surface area is 117 Å². The molecule has 2 nitrogen and oxygen atoms in total. The number of hydrogen-bond donors (Lipinski definition) is 1. The molecule has 4 heteroatoms. The standard InChI is InChI=1S/C15H15FN2S/c1-2-18(12-6-4-3-5-7-12)14-9-8-11(16)10-13(14)15(17)19/h3-10H,2H2,1H3,(H2,17,19). The molecule has 2 rings (SSSR count). The van der Waals surface area contributed by atoms with Gasteiger partial charge in [-0.05, 0) is 37.3 Å². The highest BCUT2D eigenvalue weighted by molar-refractivity contribution is 7.80. The normalized spacial score (nSPS) is 10.2. The summed E-state index contributed by atoms with van der Waals surface area (Å²) in [5.41, 5.74) is 8.09. The third kappa shape index (κ3) is 2.90. The van der Waals surface area contributed by atoms with Crippen LogP contribution in [0.25, 0.3) is 0 Å². The van der Waals surface area contributed by atoms with Gasteiger partial charge in [-0.1, -0.05) is 30.4 Å². The van der Waals surface area contributed by atoms with Crippen molar-refractivity contribution in [2.45, 2.75) is 6.92 Å². The van der Waals surface area contributed by atoms with Gasteiger partial charge in [0.05, 0.1) is 5.69 Å². The predicted octanol–water partition coefficient (Wildman–Crippen LogP) is 3.62. The Balaban J connectivity index is 2.53. The second kappa shape index (κ2) is 5.80. The van der Waals surface area contributed by atoms with E-state index in [2.05, 4.69) is 0 Å². The van der Waals surface area contributed by atoms with Crippen molar-refractivity contribution in [1.82, 2.24) is 0 Å². The predicted molar refractivity (Wildman–Crippen MR) is 81.4 cm³/mol. The molecule has 0 saturated carbocycles. The second-order valence-corrected chi connectivity index (χ2v) is 4.55. The van der Waals surface area contributed by atoms with Gasteiger partial charge >= 0.3 is 0 Å². The first kappa shape index (κ1) is 13.5. The summed E-state index contributed by atoms with van der Waals surface area (Å²) in [6, 6.07) is 14.4. The maximum atomic E-state index is 13.3. The number of rotatable bonds is 4. The van der Waals surface area contributed by atoms with Crippen LogP contribution in [-0.2, 0) is 0 Å². The molecule has 2 N–H and O–H groups in total. The minimum Gasteiger partial charge on any atom is -0.389 e. The first-order valence-electron chi connectivity index (χ1n) is 6.05. The molecule has 0 heterocycles. The van der Waals surface area contributed by atoms with Crippen molar-refractivity contribution in [3.63, 3.8) is 0 Å². The molecule has 0 fully saturated rings. The molecule has 0 amide bonds. The molecule has 19 heavy (non-hydrogen) atoms. The Hall–Kier alpha value is -1.94. The molecule has 2 aromatic carbocycles. The molecule has 0 aliphatic carbocycles. The minimum atomic E-state index is -0.337. The largest absolute Gasteiger partial charge is 0.389 e. The van der Waals surface area contributed by atoms with Crippen molar-refractivity contribution < 1.29 is 4.39 Å². The first-order chi connectivity index (χ1) is 9.13. The van der Waals surface area contributed by atoms with Gasteiger partial charge in [0.15, 0.2) is 0 Å². The zero-order chi connectivity index (χ0) is 13.8. The summed E-state index contributed by atoms with van der Waals surface area (Å²) < 4.78 is 13.3. The highest BCUT2D eigenvalue weighted by Gasteiger charge is 2.14. The Bertz CT molecular complexity index is 584. The summed E-state index contributed by atoms with van der Waals surface area (Å²) in [5.74, 6) is -0.337. The van der Waals surface area contributed by atoms with E-state index in [0.717, 1.165) is 17.9 Å². The number of hydrogen-bond acceptors (Lipinski definition) is 2. The molecule has 0 radical (unpaired) electrons. The molecule has 0 unspecified atom stereocenters. The number of anilines is 2. The van der Waals surface area contributed by atoms with E-state index in [4.69, 9.17) is 18.0 Å². The molecule has 0 aliphatic rings. The van der Waals surface area contributed by atoms with Gasteiger partial charge in [-0.3, -0.25) is 0 Å². The maximum Gasteiger partial charge on any atom is 0.124 e. The summed E-state index contributed by atoms with van der Waals surface area (Å²) in [5, 5.41) is 0. The first-order valence-corrected chi connectivity index (χ1v) is 6.46. The third-order valence-electron chi connectivity index (χ3n) is 2.90. The smallest absolute Gasteiger partial charge is 0.124 e. The lowest BCUT2D eigenvalue weighted by Gasteiger charge is -2.25. The third-order valence-corrected chi connectivity index (χ3v) is 3.12. The summed E-state index contributed by atoms with van der Waals surface area (Å²) >= 11 is 5.01. The number of benzene rings is 2. The summed E-state index contributed by atoms with van der Waals surface area (Å²) in [6.45, 7) is 2.77. The molecular formula is C15H15FN2S. The Kier molecular flexibility index (Phi) is 4.12. The SMILES string of the molecule is CCN(c1ccccc1)c1ccc(F)cc1C(N)=S. The number of halogens is 1. The Morgan fingerprint density at radius 1 is 1.21 bits per heavy atom. The topological polar surface area (TPSA) is 29.3 Å². The van der Waals surface area contributed by atoms with Crippen LogP contribution in [-0.4, -0.2) is 11.5 Å². The quantitative estimate of drug-likeness (QED) is 0.863. The van der Waals surface area contributed by atoms with Crippen molar-refractivity contribution in [1.29, 1.82) is 0 Å². The fourth-order valence-electron chi connectivity index (χ4n) is 2.04. The van der Waals surface area contributed by atoms with Crippen LogP contribution in [0.4, 0.5) is 15.8 Å². The van der Waals surface area contributed by atoms with Crippen molar-refractivity contribution in [3.05, 3.63) is 59.9 Å². The molecule has 2 aromatic rings. The molecule has 0 aromatic heterocycles. The summed E-state index contributed by atoms with van der Waals surface area (Å²) in [4.78, 5) is 2.25. The molecule has 98 valence electrons. The summed E-state index contributed by atoms with van der Waals surface area (Å²) in [7, 11) is 0. The van der Waals surface area contributed by atoms with E-state index >= 15 is 0 Å². The zero-order valence-corrected chi connectivity index (χ0v) is 11.5. The van der Waals surface area contributed by atoms with Crippen LogP contribution < -0.4 is 10.6 Å². The van der Waals surface area contributed by atoms with Crippen molar-refractivity contribution in [3.8, 4) is 0 Å². The van der Waals surface area contributed by atoms with Crippen molar-refractivity contribution in [2.24, 2.45) is 5.73 Å². The van der Waals surface area contributed by atoms with Gasteiger partial charge in [-0.25, -0.2) is 4.39 Å². The van der Waals surface area contributed by atoms with Crippen molar-refractivity contribution >= 4 is 28.6 Å². The molecule has 0 spiro atoms. The summed E-state index contributed by atoms with van der Waals surface area (Å²) in [6.07, 6.45) is 0. The van der Waals surface area contributed by atoms with E-state index in [-0.39, 0.29) is 10.8 Å². The van der Waals surface area contributed by atoms with Crippen LogP contribution in [0, 0.1) is 5.82 Å². The van der Waals surface area contributed by atoms with Gasteiger partial charge in [0.2, 0.25) is 0 Å². The lowest BCUT2D eigenvalue weighted by molar-refractivity contribution is 0.627. The van der Waals surface area contributed by atoms with Gasteiger partial charge in [0.1, 0.15) is 10.8 Å². The molecule has 0 aliphatic heterocycles. The average molecular weight is 274 g/mol. The molecule has 0 bridgehead atoms. The van der Waals surface area contributed by atoms with E-state index in [1.165, 1.54) is 12.1 Å². The van der Waals surface area contributed by atoms with Gasteiger partial charge in [0.25, 0.3) is 0 Å². The average Bonchev–Trinajstić information content (AvgIpc) is 2.42. The van der Waals surface area contributed by atoms with Gasteiger partial charge in [-0.15, -0.1) is 0 Å².